The van der Waals surface area contributed by atoms with Gasteiger partial charge in [-0.2, -0.15) is 0 Å². The molecule has 0 N–H and O–H groups in total. The highest BCUT2D eigenvalue weighted by Crippen LogP contribution is 2.24. The van der Waals surface area contributed by atoms with Crippen LogP contribution >= 0.6 is 0 Å². The van der Waals surface area contributed by atoms with Crippen LogP contribution in [-0.2, 0) is 0 Å². The van der Waals surface area contributed by atoms with Crippen molar-refractivity contribution >= 4 is 6.29 Å². The molecular formula is C17H22O3. The molecule has 0 fully saturated rings. The van der Waals surface area contributed by atoms with E-state index in [-0.39, 0.29) is 0 Å². The number of ether oxygens (including phenoxy) is 2. The summed E-state index contributed by atoms with van der Waals surface area (Å²) in [5.74, 6) is 1.24. The zero-order valence-electron chi connectivity index (χ0n) is 12.6. The van der Waals surface area contributed by atoms with Gasteiger partial charge < -0.3 is 9.47 Å². The van der Waals surface area contributed by atoms with Gasteiger partial charge >= 0.3 is 0 Å². The quantitative estimate of drug-likeness (QED) is 0.552. The first-order valence-electron chi connectivity index (χ1n) is 6.64. The largest absolute Gasteiger partial charge is 0.489 e. The molecule has 0 amide bonds. The van der Waals surface area contributed by atoms with Crippen LogP contribution in [0.2, 0.25) is 0 Å². The van der Waals surface area contributed by atoms with E-state index in [1.165, 1.54) is 11.1 Å². The standard InChI is InChI=1S/C17H22O3/c1-13(2)7-9-19-16-6-5-15(12-18)17(11-16)20-10-8-14(3)4/h5-8,11-12H,9-10H2,1-4H3. The highest BCUT2D eigenvalue weighted by molar-refractivity contribution is 5.79. The molecule has 20 heavy (non-hydrogen) atoms. The summed E-state index contributed by atoms with van der Waals surface area (Å²) in [7, 11) is 0. The Bertz CT molecular complexity index is 505. The van der Waals surface area contributed by atoms with Crippen LogP contribution in [0, 0.1) is 0 Å². The smallest absolute Gasteiger partial charge is 0.153 e. The minimum atomic E-state index is 0.445. The summed E-state index contributed by atoms with van der Waals surface area (Å²) in [6, 6.07) is 5.24. The number of allylic oxidation sites excluding steroid dienone is 2. The normalized spacial score (nSPS) is 9.60. The van der Waals surface area contributed by atoms with Crippen LogP contribution in [0.15, 0.2) is 41.5 Å². The van der Waals surface area contributed by atoms with Gasteiger partial charge in [-0.05, 0) is 52.0 Å². The van der Waals surface area contributed by atoms with Gasteiger partial charge in [-0.3, -0.25) is 4.79 Å². The fourth-order valence-corrected chi connectivity index (χ4v) is 1.43. The number of aldehydes is 1. The number of hydrogen-bond acceptors (Lipinski definition) is 3. The fraction of sp³-hybridized carbons (Fsp3) is 0.353. The van der Waals surface area contributed by atoms with E-state index in [4.69, 9.17) is 9.47 Å². The third-order valence-electron chi connectivity index (χ3n) is 2.58. The van der Waals surface area contributed by atoms with Crippen molar-refractivity contribution in [2.45, 2.75) is 27.7 Å². The monoisotopic (exact) mass is 274 g/mol. The van der Waals surface area contributed by atoms with Gasteiger partial charge in [0.25, 0.3) is 0 Å². The van der Waals surface area contributed by atoms with Crippen LogP contribution in [0.1, 0.15) is 38.1 Å². The molecule has 0 saturated carbocycles. The van der Waals surface area contributed by atoms with Crippen molar-refractivity contribution in [3.63, 3.8) is 0 Å². The van der Waals surface area contributed by atoms with Gasteiger partial charge in [0.15, 0.2) is 6.29 Å². The molecule has 3 heteroatoms. The van der Waals surface area contributed by atoms with Crippen molar-refractivity contribution < 1.29 is 14.3 Å². The molecular weight excluding hydrogens is 252 g/mol. The van der Waals surface area contributed by atoms with Crippen molar-refractivity contribution in [3.05, 3.63) is 47.1 Å². The molecule has 3 nitrogen and oxygen atoms in total. The lowest BCUT2D eigenvalue weighted by atomic mass is 10.2. The Labute approximate surface area is 120 Å². The summed E-state index contributed by atoms with van der Waals surface area (Å²) in [5.41, 5.74) is 2.91. The van der Waals surface area contributed by atoms with Crippen LogP contribution in [0.3, 0.4) is 0 Å². The maximum atomic E-state index is 11.0. The van der Waals surface area contributed by atoms with Crippen molar-refractivity contribution in [1.29, 1.82) is 0 Å². The Morgan fingerprint density at radius 3 is 2.15 bits per heavy atom. The van der Waals surface area contributed by atoms with Gasteiger partial charge in [0.1, 0.15) is 24.7 Å². The lowest BCUT2D eigenvalue weighted by Gasteiger charge is -2.10. The van der Waals surface area contributed by atoms with Crippen LogP contribution in [-0.4, -0.2) is 19.5 Å². The third kappa shape index (κ3) is 5.74. The summed E-state index contributed by atoms with van der Waals surface area (Å²) < 4.78 is 11.2. The first kappa shape index (κ1) is 16.0. The van der Waals surface area contributed by atoms with Crippen molar-refractivity contribution in [3.8, 4) is 11.5 Å². The molecule has 0 aliphatic carbocycles. The van der Waals surface area contributed by atoms with E-state index in [1.807, 2.05) is 39.8 Å². The summed E-state index contributed by atoms with van der Waals surface area (Å²) in [4.78, 5) is 11.0. The maximum absolute atomic E-state index is 11.0. The lowest BCUT2D eigenvalue weighted by Crippen LogP contribution is -2.00. The Kier molecular flexibility index (Phi) is 6.57. The molecule has 0 spiro atoms. The Morgan fingerprint density at radius 2 is 1.60 bits per heavy atom. The molecule has 0 atom stereocenters. The minimum Gasteiger partial charge on any atom is -0.489 e. The molecule has 0 unspecified atom stereocenters. The second-order valence-electron chi connectivity index (χ2n) is 5.00. The zero-order valence-corrected chi connectivity index (χ0v) is 12.6. The third-order valence-corrected chi connectivity index (χ3v) is 2.58. The predicted molar refractivity (Wildman–Crippen MR) is 81.7 cm³/mol. The van der Waals surface area contributed by atoms with Crippen LogP contribution in [0.5, 0.6) is 11.5 Å². The first-order chi connectivity index (χ1) is 9.52. The van der Waals surface area contributed by atoms with E-state index in [9.17, 15) is 4.79 Å². The Hall–Kier alpha value is -2.03. The summed E-state index contributed by atoms with van der Waals surface area (Å²) >= 11 is 0. The van der Waals surface area contributed by atoms with Crippen LogP contribution in [0.25, 0.3) is 0 Å². The predicted octanol–water partition coefficient (Wildman–Crippen LogP) is 4.19. The average molecular weight is 274 g/mol. The van der Waals surface area contributed by atoms with Gasteiger partial charge in [-0.1, -0.05) is 11.1 Å². The topological polar surface area (TPSA) is 35.5 Å². The summed E-state index contributed by atoms with van der Waals surface area (Å²) in [6.45, 7) is 9.00. The van der Waals surface area contributed by atoms with Gasteiger partial charge in [0.2, 0.25) is 0 Å². The van der Waals surface area contributed by atoms with E-state index in [0.717, 1.165) is 6.29 Å². The Morgan fingerprint density at radius 1 is 1.00 bits per heavy atom. The fourth-order valence-electron chi connectivity index (χ4n) is 1.43. The van der Waals surface area contributed by atoms with Gasteiger partial charge in [0, 0.05) is 6.07 Å². The molecule has 0 saturated heterocycles. The van der Waals surface area contributed by atoms with Crippen LogP contribution in [0.4, 0.5) is 0 Å². The van der Waals surface area contributed by atoms with Gasteiger partial charge in [0.05, 0.1) is 5.56 Å². The molecule has 0 aromatic heterocycles. The maximum Gasteiger partial charge on any atom is 0.153 e. The number of hydrogen-bond donors (Lipinski definition) is 0. The van der Waals surface area contributed by atoms with Crippen LogP contribution < -0.4 is 9.47 Å². The Balaban J connectivity index is 2.77. The SMILES string of the molecule is CC(C)=CCOc1ccc(C=O)c(OCC=C(C)C)c1. The van der Waals surface area contributed by atoms with E-state index in [0.29, 0.717) is 30.3 Å². The highest BCUT2D eigenvalue weighted by atomic mass is 16.5. The second kappa shape index (κ2) is 8.20. The van der Waals surface area contributed by atoms with E-state index in [1.54, 1.807) is 18.2 Å². The molecule has 1 rings (SSSR count). The molecule has 108 valence electrons. The molecule has 0 radical (unpaired) electrons. The molecule has 1 aromatic rings. The first-order valence-corrected chi connectivity index (χ1v) is 6.64. The minimum absolute atomic E-state index is 0.445. The van der Waals surface area contributed by atoms with Gasteiger partial charge in [-0.25, -0.2) is 0 Å². The van der Waals surface area contributed by atoms with Gasteiger partial charge in [-0.15, -0.1) is 0 Å². The van der Waals surface area contributed by atoms with Crippen molar-refractivity contribution in [2.24, 2.45) is 0 Å². The molecule has 0 aliphatic heterocycles. The molecule has 0 heterocycles. The second-order valence-corrected chi connectivity index (χ2v) is 5.00. The van der Waals surface area contributed by atoms with E-state index in [2.05, 4.69) is 0 Å². The van der Waals surface area contributed by atoms with E-state index < -0.39 is 0 Å². The number of carbonyl (C=O) groups is 1. The zero-order chi connectivity index (χ0) is 15.0. The molecule has 1 aromatic carbocycles. The molecule has 0 aliphatic rings. The number of benzene rings is 1. The van der Waals surface area contributed by atoms with Crippen molar-refractivity contribution in [2.75, 3.05) is 13.2 Å². The highest BCUT2D eigenvalue weighted by Gasteiger charge is 2.05. The lowest BCUT2D eigenvalue weighted by molar-refractivity contribution is 0.112. The number of carbonyl (C=O) groups excluding carboxylic acids is 1. The van der Waals surface area contributed by atoms with E-state index >= 15 is 0 Å². The molecule has 0 bridgehead atoms. The summed E-state index contributed by atoms with van der Waals surface area (Å²) in [5, 5.41) is 0. The summed E-state index contributed by atoms with van der Waals surface area (Å²) in [6.07, 6.45) is 4.75. The average Bonchev–Trinajstić information content (AvgIpc) is 2.38. The van der Waals surface area contributed by atoms with Crippen molar-refractivity contribution in [1.82, 2.24) is 0 Å². The number of rotatable bonds is 7.